The zero-order valence-electron chi connectivity index (χ0n) is 10.6. The van der Waals surface area contributed by atoms with Crippen molar-refractivity contribution in [2.24, 2.45) is 11.3 Å². The molecule has 2 N–H and O–H groups in total. The lowest BCUT2D eigenvalue weighted by Gasteiger charge is -2.04. The van der Waals surface area contributed by atoms with Crippen LogP contribution in [0.3, 0.4) is 0 Å². The summed E-state index contributed by atoms with van der Waals surface area (Å²) in [4.78, 5) is 12.9. The predicted octanol–water partition coefficient (Wildman–Crippen LogP) is 1.75. The zero-order chi connectivity index (χ0) is 13.2. The molecule has 96 valence electrons. The number of amides is 1. The van der Waals surface area contributed by atoms with Crippen molar-refractivity contribution in [3.63, 3.8) is 0 Å². The molecule has 0 aromatic carbocycles. The molecule has 1 amide bonds. The van der Waals surface area contributed by atoms with E-state index in [1.807, 2.05) is 11.4 Å². The number of carbonyl (C=O) groups is 1. The molecule has 1 aliphatic rings. The van der Waals surface area contributed by atoms with Crippen LogP contribution in [0.4, 0.5) is 0 Å². The number of hydrogen-bond donors (Lipinski definition) is 2. The van der Waals surface area contributed by atoms with Gasteiger partial charge in [-0.2, -0.15) is 0 Å². The maximum absolute atomic E-state index is 11.8. The van der Waals surface area contributed by atoms with Gasteiger partial charge in [0, 0.05) is 21.7 Å². The van der Waals surface area contributed by atoms with Gasteiger partial charge in [-0.1, -0.05) is 25.7 Å². The van der Waals surface area contributed by atoms with Gasteiger partial charge < -0.3 is 10.4 Å². The average molecular weight is 263 g/mol. The number of aliphatic hydroxyl groups excluding tert-OH is 1. The van der Waals surface area contributed by atoms with Gasteiger partial charge in [0.15, 0.2) is 0 Å². The number of hydrogen-bond acceptors (Lipinski definition) is 3. The van der Waals surface area contributed by atoms with Crippen LogP contribution in [-0.4, -0.2) is 17.6 Å². The largest absolute Gasteiger partial charge is 0.384 e. The highest BCUT2D eigenvalue weighted by atomic mass is 32.1. The fourth-order valence-corrected chi connectivity index (χ4v) is 2.65. The van der Waals surface area contributed by atoms with Crippen LogP contribution in [-0.2, 0) is 11.3 Å². The van der Waals surface area contributed by atoms with Crippen molar-refractivity contribution in [3.8, 4) is 11.8 Å². The Hall–Kier alpha value is -1.31. The van der Waals surface area contributed by atoms with Crippen LogP contribution in [0.1, 0.15) is 30.7 Å². The van der Waals surface area contributed by atoms with E-state index in [1.165, 1.54) is 0 Å². The minimum atomic E-state index is -0.126. The molecule has 2 rings (SSSR count). The number of nitrogens with one attached hydrogen (secondary N) is 1. The minimum absolute atomic E-state index is 0.126. The summed E-state index contributed by atoms with van der Waals surface area (Å²) >= 11 is 1.58. The molecule has 1 unspecified atom stereocenters. The average Bonchev–Trinajstić information content (AvgIpc) is 2.76. The first-order valence-electron chi connectivity index (χ1n) is 5.98. The minimum Gasteiger partial charge on any atom is -0.384 e. The second-order valence-corrected chi connectivity index (χ2v) is 6.22. The molecule has 0 aliphatic heterocycles. The molecule has 0 radical (unpaired) electrons. The van der Waals surface area contributed by atoms with Crippen molar-refractivity contribution in [1.82, 2.24) is 5.32 Å². The van der Waals surface area contributed by atoms with E-state index in [9.17, 15) is 4.79 Å². The molecule has 1 aromatic rings. The van der Waals surface area contributed by atoms with Gasteiger partial charge in [0.25, 0.3) is 0 Å². The third-order valence-electron chi connectivity index (χ3n) is 3.23. The first kappa shape index (κ1) is 13.1. The highest BCUT2D eigenvalue weighted by molar-refractivity contribution is 7.10. The lowest BCUT2D eigenvalue weighted by atomic mass is 10.1. The summed E-state index contributed by atoms with van der Waals surface area (Å²) in [5.41, 5.74) is 1.07. The fourth-order valence-electron chi connectivity index (χ4n) is 1.89. The van der Waals surface area contributed by atoms with E-state index in [0.29, 0.717) is 6.54 Å². The SMILES string of the molecule is CC1(C)CC1C(=O)NCc1cc(C#CCO)cs1. The predicted molar refractivity (Wildman–Crippen MR) is 72.0 cm³/mol. The highest BCUT2D eigenvalue weighted by Gasteiger charge is 2.50. The molecule has 0 saturated heterocycles. The first-order chi connectivity index (χ1) is 8.53. The van der Waals surface area contributed by atoms with Crippen molar-refractivity contribution in [1.29, 1.82) is 0 Å². The van der Waals surface area contributed by atoms with Crippen LogP contribution in [0.25, 0.3) is 0 Å². The Morgan fingerprint density at radius 2 is 2.39 bits per heavy atom. The number of carbonyl (C=O) groups excluding carboxylic acids is 1. The van der Waals surface area contributed by atoms with Gasteiger partial charge in [0.1, 0.15) is 6.61 Å². The maximum Gasteiger partial charge on any atom is 0.223 e. The molecule has 4 heteroatoms. The normalized spacial score (nSPS) is 19.8. The third-order valence-corrected chi connectivity index (χ3v) is 4.17. The fraction of sp³-hybridized carbons (Fsp3) is 0.500. The smallest absolute Gasteiger partial charge is 0.223 e. The van der Waals surface area contributed by atoms with Crippen LogP contribution in [0, 0.1) is 23.2 Å². The highest BCUT2D eigenvalue weighted by Crippen LogP contribution is 2.51. The van der Waals surface area contributed by atoms with Crippen molar-refractivity contribution in [2.75, 3.05) is 6.61 Å². The van der Waals surface area contributed by atoms with Gasteiger partial charge in [-0.05, 0) is 17.9 Å². The van der Waals surface area contributed by atoms with Crippen molar-refractivity contribution < 1.29 is 9.90 Å². The number of aliphatic hydroxyl groups is 1. The molecule has 1 saturated carbocycles. The summed E-state index contributed by atoms with van der Waals surface area (Å²) < 4.78 is 0. The van der Waals surface area contributed by atoms with Crippen LogP contribution >= 0.6 is 11.3 Å². The molecule has 0 bridgehead atoms. The van der Waals surface area contributed by atoms with E-state index >= 15 is 0 Å². The molecule has 1 fully saturated rings. The Bertz CT molecular complexity index is 507. The first-order valence-corrected chi connectivity index (χ1v) is 6.86. The van der Waals surface area contributed by atoms with Crippen LogP contribution in [0.5, 0.6) is 0 Å². The lowest BCUT2D eigenvalue weighted by molar-refractivity contribution is -0.123. The van der Waals surface area contributed by atoms with Crippen LogP contribution in [0.15, 0.2) is 11.4 Å². The molecule has 1 aromatic heterocycles. The summed E-state index contributed by atoms with van der Waals surface area (Å²) in [5.74, 6) is 5.78. The Balaban J connectivity index is 1.84. The summed E-state index contributed by atoms with van der Waals surface area (Å²) in [6, 6.07) is 1.95. The van der Waals surface area contributed by atoms with E-state index in [2.05, 4.69) is 31.0 Å². The van der Waals surface area contributed by atoms with Crippen molar-refractivity contribution >= 4 is 17.2 Å². The Morgan fingerprint density at radius 3 is 3.00 bits per heavy atom. The van der Waals surface area contributed by atoms with Crippen molar-refractivity contribution in [3.05, 3.63) is 21.9 Å². The van der Waals surface area contributed by atoms with Gasteiger partial charge in [-0.3, -0.25) is 4.79 Å². The second-order valence-electron chi connectivity index (χ2n) is 5.22. The summed E-state index contributed by atoms with van der Waals surface area (Å²) in [6.07, 6.45) is 0.983. The molecular weight excluding hydrogens is 246 g/mol. The van der Waals surface area contributed by atoms with Gasteiger partial charge in [-0.25, -0.2) is 0 Å². The standard InChI is InChI=1S/C14H17NO2S/c1-14(2)7-12(14)13(17)15-8-11-6-10(9-18-11)4-3-5-16/h6,9,12,16H,5,7-8H2,1-2H3,(H,15,17). The molecule has 1 heterocycles. The van der Waals surface area contributed by atoms with Gasteiger partial charge in [0.05, 0.1) is 6.54 Å². The molecular formula is C14H17NO2S. The summed E-state index contributed by atoms with van der Waals surface area (Å²) in [5, 5.41) is 13.5. The lowest BCUT2D eigenvalue weighted by Crippen LogP contribution is -2.25. The number of thiophene rings is 1. The van der Waals surface area contributed by atoms with E-state index < -0.39 is 0 Å². The monoisotopic (exact) mass is 263 g/mol. The Kier molecular flexibility index (Phi) is 3.74. The molecule has 18 heavy (non-hydrogen) atoms. The van der Waals surface area contributed by atoms with E-state index in [0.717, 1.165) is 16.9 Å². The Morgan fingerprint density at radius 1 is 1.67 bits per heavy atom. The summed E-state index contributed by atoms with van der Waals surface area (Å²) in [7, 11) is 0. The third kappa shape index (κ3) is 3.12. The molecule has 3 nitrogen and oxygen atoms in total. The molecule has 1 aliphatic carbocycles. The quantitative estimate of drug-likeness (QED) is 0.816. The van der Waals surface area contributed by atoms with Gasteiger partial charge >= 0.3 is 0 Å². The van der Waals surface area contributed by atoms with Crippen LogP contribution < -0.4 is 5.32 Å². The van der Waals surface area contributed by atoms with Crippen molar-refractivity contribution in [2.45, 2.75) is 26.8 Å². The molecule has 0 spiro atoms. The second kappa shape index (κ2) is 5.13. The van der Waals surface area contributed by atoms with E-state index in [1.54, 1.807) is 11.3 Å². The van der Waals surface area contributed by atoms with E-state index in [4.69, 9.17) is 5.11 Å². The van der Waals surface area contributed by atoms with Gasteiger partial charge in [0.2, 0.25) is 5.91 Å². The summed E-state index contributed by atoms with van der Waals surface area (Å²) in [6.45, 7) is 4.67. The van der Waals surface area contributed by atoms with Gasteiger partial charge in [-0.15, -0.1) is 11.3 Å². The Labute approximate surface area is 111 Å². The maximum atomic E-state index is 11.8. The number of rotatable bonds is 3. The topological polar surface area (TPSA) is 49.3 Å². The van der Waals surface area contributed by atoms with Crippen LogP contribution in [0.2, 0.25) is 0 Å². The zero-order valence-corrected chi connectivity index (χ0v) is 11.4. The molecule has 1 atom stereocenters. The van der Waals surface area contributed by atoms with E-state index in [-0.39, 0.29) is 23.8 Å².